The number of nitrogens with one attached hydrogen (secondary N) is 1. The monoisotopic (exact) mass is 252 g/mol. The van der Waals surface area contributed by atoms with Crippen LogP contribution in [0.4, 0.5) is 5.69 Å². The maximum atomic E-state index is 12.1. The number of sulfonamides is 1. The zero-order valence-electron chi connectivity index (χ0n) is 9.68. The lowest BCUT2D eigenvalue weighted by Crippen LogP contribution is -2.32. The molecule has 0 radical (unpaired) electrons. The summed E-state index contributed by atoms with van der Waals surface area (Å²) in [6, 6.07) is 4.83. The standard InChI is InChI=1S/C12H16N2O2S/c1-9-6-10(13)8-12(7-9)17(15,16)14-11-4-2-3-5-11/h2-3,6-8,11,14H,4-5,13H2,1H3. The van der Waals surface area contributed by atoms with Crippen molar-refractivity contribution in [3.05, 3.63) is 35.9 Å². The van der Waals surface area contributed by atoms with Gasteiger partial charge in [-0.25, -0.2) is 13.1 Å². The van der Waals surface area contributed by atoms with Gasteiger partial charge in [0.1, 0.15) is 0 Å². The Labute approximate surface area is 102 Å². The minimum absolute atomic E-state index is 0.0262. The Kier molecular flexibility index (Phi) is 3.22. The summed E-state index contributed by atoms with van der Waals surface area (Å²) in [5.74, 6) is 0. The highest BCUT2D eigenvalue weighted by Gasteiger charge is 2.20. The fourth-order valence-electron chi connectivity index (χ4n) is 1.93. The minimum Gasteiger partial charge on any atom is -0.399 e. The molecule has 0 saturated heterocycles. The SMILES string of the molecule is Cc1cc(N)cc(S(=O)(=O)NC2CC=CC2)c1. The van der Waals surface area contributed by atoms with Gasteiger partial charge < -0.3 is 5.73 Å². The Morgan fingerprint density at radius 1 is 1.24 bits per heavy atom. The first-order valence-electron chi connectivity index (χ1n) is 5.52. The highest BCUT2D eigenvalue weighted by atomic mass is 32.2. The summed E-state index contributed by atoms with van der Waals surface area (Å²) in [4.78, 5) is 0.238. The second kappa shape index (κ2) is 4.50. The smallest absolute Gasteiger partial charge is 0.240 e. The third-order valence-corrected chi connectivity index (χ3v) is 4.21. The van der Waals surface area contributed by atoms with Crippen LogP contribution in [0, 0.1) is 6.92 Å². The van der Waals surface area contributed by atoms with E-state index in [0.717, 1.165) is 18.4 Å². The molecule has 5 heteroatoms. The predicted molar refractivity (Wildman–Crippen MR) is 68.1 cm³/mol. The van der Waals surface area contributed by atoms with Crippen molar-refractivity contribution >= 4 is 15.7 Å². The molecule has 1 aliphatic carbocycles. The first-order chi connectivity index (χ1) is 7.97. The summed E-state index contributed by atoms with van der Waals surface area (Å²) in [6.07, 6.45) is 5.47. The van der Waals surface area contributed by atoms with Gasteiger partial charge in [0.25, 0.3) is 0 Å². The lowest BCUT2D eigenvalue weighted by molar-refractivity contribution is 0.557. The summed E-state index contributed by atoms with van der Waals surface area (Å²) in [6.45, 7) is 1.83. The van der Waals surface area contributed by atoms with Crippen LogP contribution in [0.2, 0.25) is 0 Å². The molecular formula is C12H16N2O2S. The fraction of sp³-hybridized carbons (Fsp3) is 0.333. The molecule has 0 atom stereocenters. The van der Waals surface area contributed by atoms with Gasteiger partial charge in [0, 0.05) is 11.7 Å². The van der Waals surface area contributed by atoms with E-state index < -0.39 is 10.0 Å². The zero-order valence-corrected chi connectivity index (χ0v) is 10.5. The molecule has 0 aromatic heterocycles. The lowest BCUT2D eigenvalue weighted by atomic mass is 10.2. The van der Waals surface area contributed by atoms with Crippen LogP contribution in [0.25, 0.3) is 0 Å². The summed E-state index contributed by atoms with van der Waals surface area (Å²) in [7, 11) is -3.46. The second-order valence-corrected chi connectivity index (χ2v) is 6.05. The van der Waals surface area contributed by atoms with Crippen molar-refractivity contribution in [1.82, 2.24) is 4.72 Å². The van der Waals surface area contributed by atoms with Crippen molar-refractivity contribution in [2.24, 2.45) is 0 Å². The molecule has 0 bridgehead atoms. The lowest BCUT2D eigenvalue weighted by Gasteiger charge is -2.13. The maximum absolute atomic E-state index is 12.1. The van der Waals surface area contributed by atoms with E-state index in [4.69, 9.17) is 5.73 Å². The third-order valence-electron chi connectivity index (χ3n) is 2.71. The van der Waals surface area contributed by atoms with Crippen LogP contribution in [0.15, 0.2) is 35.2 Å². The van der Waals surface area contributed by atoms with E-state index in [-0.39, 0.29) is 10.9 Å². The number of hydrogen-bond donors (Lipinski definition) is 2. The van der Waals surface area contributed by atoms with Gasteiger partial charge in [-0.05, 0) is 43.5 Å². The first kappa shape index (κ1) is 12.1. The van der Waals surface area contributed by atoms with Crippen LogP contribution in [0.1, 0.15) is 18.4 Å². The van der Waals surface area contributed by atoms with Gasteiger partial charge in [-0.2, -0.15) is 0 Å². The van der Waals surface area contributed by atoms with Crippen molar-refractivity contribution in [3.63, 3.8) is 0 Å². The molecule has 1 aliphatic rings. The zero-order chi connectivity index (χ0) is 12.5. The van der Waals surface area contributed by atoms with Crippen molar-refractivity contribution in [1.29, 1.82) is 0 Å². The molecule has 4 nitrogen and oxygen atoms in total. The molecule has 0 amide bonds. The number of hydrogen-bond acceptors (Lipinski definition) is 3. The molecular weight excluding hydrogens is 236 g/mol. The highest BCUT2D eigenvalue weighted by Crippen LogP contribution is 2.18. The number of nitrogen functional groups attached to an aromatic ring is 1. The van der Waals surface area contributed by atoms with E-state index >= 15 is 0 Å². The fourth-order valence-corrected chi connectivity index (χ4v) is 3.33. The van der Waals surface area contributed by atoms with Gasteiger partial charge in [-0.3, -0.25) is 0 Å². The Bertz CT molecular complexity index is 521. The van der Waals surface area contributed by atoms with Gasteiger partial charge in [-0.15, -0.1) is 0 Å². The molecule has 92 valence electrons. The van der Waals surface area contributed by atoms with Gasteiger partial charge in [-0.1, -0.05) is 12.2 Å². The van der Waals surface area contributed by atoms with E-state index in [1.54, 1.807) is 12.1 Å². The quantitative estimate of drug-likeness (QED) is 0.633. The molecule has 17 heavy (non-hydrogen) atoms. The molecule has 2 rings (SSSR count). The number of benzene rings is 1. The Morgan fingerprint density at radius 3 is 2.47 bits per heavy atom. The van der Waals surface area contributed by atoms with Gasteiger partial charge in [0.15, 0.2) is 0 Å². The van der Waals surface area contributed by atoms with Crippen molar-refractivity contribution < 1.29 is 8.42 Å². The average molecular weight is 252 g/mol. The molecule has 0 spiro atoms. The number of rotatable bonds is 3. The third kappa shape index (κ3) is 2.87. The Morgan fingerprint density at radius 2 is 1.88 bits per heavy atom. The largest absolute Gasteiger partial charge is 0.399 e. The molecule has 1 aromatic carbocycles. The molecule has 0 unspecified atom stereocenters. The number of anilines is 1. The summed E-state index contributed by atoms with van der Waals surface area (Å²) in [5.41, 5.74) is 6.97. The maximum Gasteiger partial charge on any atom is 0.240 e. The van der Waals surface area contributed by atoms with Crippen molar-refractivity contribution in [3.8, 4) is 0 Å². The van der Waals surface area contributed by atoms with Gasteiger partial charge in [0.2, 0.25) is 10.0 Å². The van der Waals surface area contributed by atoms with Crippen LogP contribution in [-0.4, -0.2) is 14.5 Å². The summed E-state index contributed by atoms with van der Waals surface area (Å²) >= 11 is 0. The Balaban J connectivity index is 2.24. The first-order valence-corrected chi connectivity index (χ1v) is 7.00. The van der Waals surface area contributed by atoms with Gasteiger partial charge >= 0.3 is 0 Å². The topological polar surface area (TPSA) is 72.2 Å². The van der Waals surface area contributed by atoms with E-state index in [0.29, 0.717) is 5.69 Å². The summed E-state index contributed by atoms with van der Waals surface area (Å²) < 4.78 is 26.9. The van der Waals surface area contributed by atoms with Crippen LogP contribution >= 0.6 is 0 Å². The van der Waals surface area contributed by atoms with Crippen LogP contribution in [-0.2, 0) is 10.0 Å². The van der Waals surface area contributed by atoms with Gasteiger partial charge in [0.05, 0.1) is 4.90 Å². The second-order valence-electron chi connectivity index (χ2n) is 4.34. The van der Waals surface area contributed by atoms with E-state index in [1.165, 1.54) is 6.07 Å². The van der Waals surface area contributed by atoms with Crippen LogP contribution in [0.3, 0.4) is 0 Å². The molecule has 1 aromatic rings. The number of aryl methyl sites for hydroxylation is 1. The molecule has 0 fully saturated rings. The number of nitrogens with two attached hydrogens (primary N) is 1. The minimum atomic E-state index is -3.46. The molecule has 0 heterocycles. The Hall–Kier alpha value is -1.33. The molecule has 0 aliphatic heterocycles. The predicted octanol–water partition coefficient (Wildman–Crippen LogP) is 1.57. The average Bonchev–Trinajstić information content (AvgIpc) is 2.68. The van der Waals surface area contributed by atoms with Crippen LogP contribution in [0.5, 0.6) is 0 Å². The van der Waals surface area contributed by atoms with E-state index in [2.05, 4.69) is 4.72 Å². The van der Waals surface area contributed by atoms with Crippen molar-refractivity contribution in [2.75, 3.05) is 5.73 Å². The van der Waals surface area contributed by atoms with E-state index in [1.807, 2.05) is 19.1 Å². The highest BCUT2D eigenvalue weighted by molar-refractivity contribution is 7.89. The van der Waals surface area contributed by atoms with Crippen molar-refractivity contribution in [2.45, 2.75) is 30.7 Å². The molecule has 0 saturated carbocycles. The normalized spacial score (nSPS) is 16.5. The summed E-state index contributed by atoms with van der Waals surface area (Å²) in [5, 5.41) is 0. The molecule has 3 N–H and O–H groups in total. The van der Waals surface area contributed by atoms with Crippen LogP contribution < -0.4 is 10.5 Å². The van der Waals surface area contributed by atoms with E-state index in [9.17, 15) is 8.42 Å².